The van der Waals surface area contributed by atoms with Crippen LogP contribution in [0.15, 0.2) is 82.6 Å². The van der Waals surface area contributed by atoms with Crippen molar-refractivity contribution in [3.8, 4) is 11.5 Å². The molecular formula is C22H18O3S. The third-order valence-electron chi connectivity index (χ3n) is 4.50. The first kappa shape index (κ1) is 16.8. The normalized spacial score (nSPS) is 11.2. The van der Waals surface area contributed by atoms with Gasteiger partial charge in [0, 0.05) is 21.9 Å². The lowest BCUT2D eigenvalue weighted by atomic mass is 10.1. The van der Waals surface area contributed by atoms with E-state index in [0.717, 1.165) is 21.5 Å². The maximum Gasteiger partial charge on any atom is 0.208 e. The predicted octanol–water partition coefficient (Wildman–Crippen LogP) is 5.18. The molecule has 0 unspecified atom stereocenters. The molecule has 26 heavy (non-hydrogen) atoms. The predicted molar refractivity (Wildman–Crippen MR) is 106 cm³/mol. The van der Waals surface area contributed by atoms with E-state index in [1.807, 2.05) is 72.8 Å². The van der Waals surface area contributed by atoms with Gasteiger partial charge in [0.05, 0.1) is 14.2 Å². The number of fused-ring (bicyclic) bond motifs is 2. The molecule has 4 rings (SSSR count). The molecule has 0 atom stereocenters. The maximum atomic E-state index is 13.8. The van der Waals surface area contributed by atoms with E-state index in [0.29, 0.717) is 21.3 Å². The Morgan fingerprint density at radius 3 is 1.46 bits per heavy atom. The summed E-state index contributed by atoms with van der Waals surface area (Å²) in [6.45, 7) is 0. The van der Waals surface area contributed by atoms with E-state index in [2.05, 4.69) is 0 Å². The van der Waals surface area contributed by atoms with Crippen LogP contribution in [0.4, 0.5) is 0 Å². The Morgan fingerprint density at radius 1 is 0.615 bits per heavy atom. The molecule has 0 saturated carbocycles. The van der Waals surface area contributed by atoms with Gasteiger partial charge in [-0.3, -0.25) is 0 Å². The summed E-state index contributed by atoms with van der Waals surface area (Å²) in [5.74, 6) is 1.22. The smallest absolute Gasteiger partial charge is 0.208 e. The van der Waals surface area contributed by atoms with Crippen LogP contribution in [0, 0.1) is 0 Å². The first-order valence-electron chi connectivity index (χ1n) is 8.28. The van der Waals surface area contributed by atoms with Crippen LogP contribution in [0.3, 0.4) is 0 Å². The van der Waals surface area contributed by atoms with Crippen molar-refractivity contribution < 1.29 is 14.0 Å². The van der Waals surface area contributed by atoms with E-state index in [9.17, 15) is 4.55 Å². The SMILES string of the molecule is COc1ccc2ccccc2c1[S+]([O-])c1c(OC)ccc2ccccc12. The Labute approximate surface area is 155 Å². The monoisotopic (exact) mass is 362 g/mol. The summed E-state index contributed by atoms with van der Waals surface area (Å²) in [5, 5.41) is 3.88. The second-order valence-electron chi connectivity index (χ2n) is 5.90. The minimum atomic E-state index is -1.47. The molecule has 4 aromatic rings. The average Bonchev–Trinajstić information content (AvgIpc) is 2.71. The van der Waals surface area contributed by atoms with Gasteiger partial charge < -0.3 is 14.0 Å². The van der Waals surface area contributed by atoms with Gasteiger partial charge in [0.1, 0.15) is 0 Å². The topological polar surface area (TPSA) is 41.5 Å². The van der Waals surface area contributed by atoms with E-state index in [1.54, 1.807) is 14.2 Å². The Hall–Kier alpha value is -2.69. The lowest BCUT2D eigenvalue weighted by Gasteiger charge is -2.18. The molecule has 0 aliphatic rings. The Kier molecular flexibility index (Phi) is 4.45. The van der Waals surface area contributed by atoms with Crippen LogP contribution in [-0.4, -0.2) is 18.8 Å². The lowest BCUT2D eigenvalue weighted by molar-refractivity contribution is 0.400. The summed E-state index contributed by atoms with van der Waals surface area (Å²) in [5.41, 5.74) is 0. The highest BCUT2D eigenvalue weighted by Gasteiger charge is 2.28. The zero-order chi connectivity index (χ0) is 18.1. The van der Waals surface area contributed by atoms with Crippen LogP contribution in [-0.2, 0) is 11.2 Å². The molecular weight excluding hydrogens is 344 g/mol. The molecule has 4 aromatic carbocycles. The fraction of sp³-hybridized carbons (Fsp3) is 0.0909. The van der Waals surface area contributed by atoms with Crippen molar-refractivity contribution in [1.82, 2.24) is 0 Å². The van der Waals surface area contributed by atoms with Gasteiger partial charge >= 0.3 is 0 Å². The molecule has 0 aromatic heterocycles. The molecule has 0 radical (unpaired) electrons. The molecule has 0 bridgehead atoms. The van der Waals surface area contributed by atoms with Crippen molar-refractivity contribution in [2.75, 3.05) is 14.2 Å². The van der Waals surface area contributed by atoms with Gasteiger partial charge in [-0.05, 0) is 35.0 Å². The number of ether oxygens (including phenoxy) is 2. The third-order valence-corrected chi connectivity index (χ3v) is 6.08. The number of methoxy groups -OCH3 is 2. The quantitative estimate of drug-likeness (QED) is 0.470. The van der Waals surface area contributed by atoms with Crippen molar-refractivity contribution in [2.45, 2.75) is 9.79 Å². The number of rotatable bonds is 4. The van der Waals surface area contributed by atoms with Gasteiger partial charge in [-0.2, -0.15) is 0 Å². The van der Waals surface area contributed by atoms with Gasteiger partial charge in [0.25, 0.3) is 0 Å². The molecule has 0 heterocycles. The summed E-state index contributed by atoms with van der Waals surface area (Å²) < 4.78 is 24.9. The summed E-state index contributed by atoms with van der Waals surface area (Å²) in [6, 6.07) is 23.5. The van der Waals surface area contributed by atoms with Gasteiger partial charge in [0.2, 0.25) is 9.79 Å². The fourth-order valence-corrected chi connectivity index (χ4v) is 4.90. The van der Waals surface area contributed by atoms with Crippen LogP contribution in [0.2, 0.25) is 0 Å². The van der Waals surface area contributed by atoms with E-state index < -0.39 is 11.2 Å². The van der Waals surface area contributed by atoms with E-state index in [-0.39, 0.29) is 0 Å². The highest BCUT2D eigenvalue weighted by atomic mass is 32.2. The van der Waals surface area contributed by atoms with Gasteiger partial charge in [-0.1, -0.05) is 48.5 Å². The van der Waals surface area contributed by atoms with Crippen LogP contribution in [0.25, 0.3) is 21.5 Å². The van der Waals surface area contributed by atoms with Crippen molar-refractivity contribution in [1.29, 1.82) is 0 Å². The standard InChI is InChI=1S/C22H18O3S/c1-24-19-13-11-15-7-3-5-9-17(15)21(19)26(23)22-18-10-6-4-8-16(18)12-14-20(22)25-2/h3-14H,1-2H3. The molecule has 0 aliphatic heterocycles. The largest absolute Gasteiger partial charge is 0.606 e. The van der Waals surface area contributed by atoms with Crippen LogP contribution < -0.4 is 9.47 Å². The molecule has 4 heteroatoms. The van der Waals surface area contributed by atoms with Gasteiger partial charge in [-0.25, -0.2) is 0 Å². The molecule has 130 valence electrons. The van der Waals surface area contributed by atoms with Crippen LogP contribution >= 0.6 is 0 Å². The Morgan fingerprint density at radius 2 is 1.04 bits per heavy atom. The summed E-state index contributed by atoms with van der Waals surface area (Å²) in [6.07, 6.45) is 0. The van der Waals surface area contributed by atoms with E-state index in [1.165, 1.54) is 0 Å². The number of benzene rings is 4. The zero-order valence-electron chi connectivity index (χ0n) is 14.6. The molecule has 0 N–H and O–H groups in total. The van der Waals surface area contributed by atoms with E-state index >= 15 is 0 Å². The Bertz CT molecular complexity index is 1000. The fourth-order valence-electron chi connectivity index (χ4n) is 3.25. The second kappa shape index (κ2) is 6.90. The molecule has 0 saturated heterocycles. The highest BCUT2D eigenvalue weighted by molar-refractivity contribution is 7.92. The lowest BCUT2D eigenvalue weighted by Crippen LogP contribution is -2.08. The molecule has 0 amide bonds. The van der Waals surface area contributed by atoms with Crippen molar-refractivity contribution in [3.63, 3.8) is 0 Å². The van der Waals surface area contributed by atoms with Gasteiger partial charge in [0.15, 0.2) is 11.5 Å². The highest BCUT2D eigenvalue weighted by Crippen LogP contribution is 2.41. The number of hydrogen-bond donors (Lipinski definition) is 0. The minimum absolute atomic E-state index is 0.608. The maximum absolute atomic E-state index is 13.8. The minimum Gasteiger partial charge on any atom is -0.606 e. The second-order valence-corrected chi connectivity index (χ2v) is 7.26. The number of hydrogen-bond acceptors (Lipinski definition) is 3. The van der Waals surface area contributed by atoms with Crippen molar-refractivity contribution >= 4 is 32.7 Å². The summed E-state index contributed by atoms with van der Waals surface area (Å²) in [4.78, 5) is 1.33. The first-order chi connectivity index (χ1) is 12.7. The summed E-state index contributed by atoms with van der Waals surface area (Å²) in [7, 11) is 3.20. The average molecular weight is 362 g/mol. The van der Waals surface area contributed by atoms with Crippen LogP contribution in [0.1, 0.15) is 0 Å². The summed E-state index contributed by atoms with van der Waals surface area (Å²) >= 11 is -1.47. The molecule has 0 spiro atoms. The van der Waals surface area contributed by atoms with Crippen molar-refractivity contribution in [2.24, 2.45) is 0 Å². The third kappa shape index (κ3) is 2.68. The molecule has 0 aliphatic carbocycles. The van der Waals surface area contributed by atoms with Gasteiger partial charge in [-0.15, -0.1) is 0 Å². The Balaban J connectivity index is 2.04. The van der Waals surface area contributed by atoms with Crippen molar-refractivity contribution in [3.05, 3.63) is 72.8 Å². The van der Waals surface area contributed by atoms with E-state index in [4.69, 9.17) is 9.47 Å². The first-order valence-corrected chi connectivity index (χ1v) is 9.43. The zero-order valence-corrected chi connectivity index (χ0v) is 15.4. The van der Waals surface area contributed by atoms with Crippen LogP contribution in [0.5, 0.6) is 11.5 Å². The molecule has 0 fully saturated rings. The molecule has 3 nitrogen and oxygen atoms in total.